The van der Waals surface area contributed by atoms with Crippen LogP contribution in [0.25, 0.3) is 0 Å². The van der Waals surface area contributed by atoms with Crippen LogP contribution < -0.4 is 15.4 Å². The topological polar surface area (TPSA) is 63.2 Å². The molecular weight excluding hydrogens is 206 g/mol. The van der Waals surface area contributed by atoms with Crippen LogP contribution in [-0.4, -0.2) is 23.7 Å². The lowest BCUT2D eigenvalue weighted by Gasteiger charge is -2.07. The maximum Gasteiger partial charge on any atom is 0.319 e. The first-order valence-electron chi connectivity index (χ1n) is 5.44. The molecule has 0 spiro atoms. The highest BCUT2D eigenvalue weighted by molar-refractivity contribution is 5.89. The predicted molar refractivity (Wildman–Crippen MR) is 60.6 cm³/mol. The minimum absolute atomic E-state index is 0.173. The summed E-state index contributed by atoms with van der Waals surface area (Å²) in [5.41, 5.74) is 0.668. The van der Waals surface area contributed by atoms with Crippen LogP contribution in [0.1, 0.15) is 19.8 Å². The van der Waals surface area contributed by atoms with E-state index in [1.807, 2.05) is 6.92 Å². The largest absolute Gasteiger partial charge is 0.478 e. The maximum atomic E-state index is 11.4. The Bertz CT molecular complexity index is 360. The molecule has 0 radical (unpaired) electrons. The van der Waals surface area contributed by atoms with Gasteiger partial charge in [-0.3, -0.25) is 0 Å². The van der Waals surface area contributed by atoms with Crippen molar-refractivity contribution in [2.24, 2.45) is 0 Å². The third kappa shape index (κ3) is 3.12. The summed E-state index contributed by atoms with van der Waals surface area (Å²) in [6.45, 7) is 2.48. The van der Waals surface area contributed by atoms with Gasteiger partial charge in [0, 0.05) is 12.1 Å². The highest BCUT2D eigenvalue weighted by atomic mass is 16.5. The highest BCUT2D eigenvalue weighted by Gasteiger charge is 2.23. The molecule has 1 aliphatic carbocycles. The van der Waals surface area contributed by atoms with Crippen LogP contribution >= 0.6 is 0 Å². The average Bonchev–Trinajstić information content (AvgIpc) is 3.05. The third-order valence-corrected chi connectivity index (χ3v) is 2.20. The van der Waals surface area contributed by atoms with E-state index in [-0.39, 0.29) is 6.03 Å². The molecule has 0 aromatic carbocycles. The molecule has 0 bridgehead atoms. The molecule has 2 N–H and O–H groups in total. The standard InChI is InChI=1S/C11H15N3O2/c1-2-16-10-6-5-9(7-12-10)14-11(15)13-8-3-4-8/h5-8H,2-4H2,1H3,(H2,13,14,15). The molecule has 0 unspecified atom stereocenters. The van der Waals surface area contributed by atoms with Crippen molar-refractivity contribution < 1.29 is 9.53 Å². The summed E-state index contributed by atoms with van der Waals surface area (Å²) < 4.78 is 5.20. The van der Waals surface area contributed by atoms with Gasteiger partial charge in [0.25, 0.3) is 0 Å². The Hall–Kier alpha value is -1.78. The molecule has 16 heavy (non-hydrogen) atoms. The lowest BCUT2D eigenvalue weighted by Crippen LogP contribution is -2.30. The van der Waals surface area contributed by atoms with Gasteiger partial charge in [0.15, 0.2) is 0 Å². The van der Waals surface area contributed by atoms with Crippen LogP contribution in [-0.2, 0) is 0 Å². The summed E-state index contributed by atoms with van der Waals surface area (Å²) in [5, 5.41) is 5.55. The van der Waals surface area contributed by atoms with Crippen LogP contribution in [0, 0.1) is 0 Å². The zero-order valence-electron chi connectivity index (χ0n) is 9.19. The molecule has 1 aliphatic rings. The van der Waals surface area contributed by atoms with Gasteiger partial charge < -0.3 is 15.4 Å². The number of aromatic nitrogens is 1. The van der Waals surface area contributed by atoms with E-state index in [0.717, 1.165) is 12.8 Å². The van der Waals surface area contributed by atoms with Gasteiger partial charge in [0.05, 0.1) is 18.5 Å². The van der Waals surface area contributed by atoms with Crippen LogP contribution in [0.4, 0.5) is 10.5 Å². The van der Waals surface area contributed by atoms with Crippen LogP contribution in [0.5, 0.6) is 5.88 Å². The molecule has 86 valence electrons. The summed E-state index contributed by atoms with van der Waals surface area (Å²) in [5.74, 6) is 0.565. The second-order valence-electron chi connectivity index (χ2n) is 3.69. The second-order valence-corrected chi connectivity index (χ2v) is 3.69. The number of hydrogen-bond donors (Lipinski definition) is 2. The number of rotatable bonds is 4. The Morgan fingerprint density at radius 2 is 2.38 bits per heavy atom. The van der Waals surface area contributed by atoms with Gasteiger partial charge in [-0.2, -0.15) is 0 Å². The Morgan fingerprint density at radius 1 is 1.56 bits per heavy atom. The lowest BCUT2D eigenvalue weighted by molar-refractivity contribution is 0.251. The van der Waals surface area contributed by atoms with Gasteiger partial charge in [0.2, 0.25) is 5.88 Å². The molecule has 2 rings (SSSR count). The first-order valence-corrected chi connectivity index (χ1v) is 5.44. The highest BCUT2D eigenvalue weighted by Crippen LogP contribution is 2.19. The number of nitrogens with zero attached hydrogens (tertiary/aromatic N) is 1. The van der Waals surface area contributed by atoms with Crippen molar-refractivity contribution in [2.75, 3.05) is 11.9 Å². The lowest BCUT2D eigenvalue weighted by atomic mass is 10.4. The van der Waals surface area contributed by atoms with Gasteiger partial charge in [-0.25, -0.2) is 9.78 Å². The monoisotopic (exact) mass is 221 g/mol. The second kappa shape index (κ2) is 4.83. The quantitative estimate of drug-likeness (QED) is 0.814. The summed E-state index contributed by atoms with van der Waals surface area (Å²) in [4.78, 5) is 15.4. The Labute approximate surface area is 94.2 Å². The molecule has 1 heterocycles. The zero-order chi connectivity index (χ0) is 11.4. The molecule has 1 aromatic rings. The summed E-state index contributed by atoms with van der Waals surface area (Å²) >= 11 is 0. The summed E-state index contributed by atoms with van der Waals surface area (Å²) in [7, 11) is 0. The Morgan fingerprint density at radius 3 is 2.94 bits per heavy atom. The Kier molecular flexibility index (Phi) is 3.24. The minimum atomic E-state index is -0.173. The number of carbonyl (C=O) groups is 1. The van der Waals surface area contributed by atoms with E-state index in [2.05, 4.69) is 15.6 Å². The zero-order valence-corrected chi connectivity index (χ0v) is 9.19. The molecule has 5 nitrogen and oxygen atoms in total. The summed E-state index contributed by atoms with van der Waals surface area (Å²) in [6, 6.07) is 3.69. The van der Waals surface area contributed by atoms with Crippen molar-refractivity contribution in [3.63, 3.8) is 0 Å². The number of hydrogen-bond acceptors (Lipinski definition) is 3. The molecule has 1 saturated carbocycles. The Balaban J connectivity index is 1.85. The van der Waals surface area contributed by atoms with Crippen LogP contribution in [0.3, 0.4) is 0 Å². The number of pyridine rings is 1. The van der Waals surface area contributed by atoms with E-state index in [0.29, 0.717) is 24.2 Å². The van der Waals surface area contributed by atoms with Gasteiger partial charge in [0.1, 0.15) is 0 Å². The molecule has 5 heteroatoms. The molecule has 2 amide bonds. The van der Waals surface area contributed by atoms with Crippen molar-refractivity contribution in [1.29, 1.82) is 0 Å². The fourth-order valence-electron chi connectivity index (χ4n) is 1.27. The molecular formula is C11H15N3O2. The van der Waals surface area contributed by atoms with Crippen LogP contribution in [0.15, 0.2) is 18.3 Å². The molecule has 1 aromatic heterocycles. The van der Waals surface area contributed by atoms with Crippen molar-refractivity contribution in [2.45, 2.75) is 25.8 Å². The molecule has 0 aliphatic heterocycles. The predicted octanol–water partition coefficient (Wildman–Crippen LogP) is 1.76. The van der Waals surface area contributed by atoms with E-state index in [9.17, 15) is 4.79 Å². The van der Waals surface area contributed by atoms with E-state index in [1.165, 1.54) is 0 Å². The van der Waals surface area contributed by atoms with E-state index in [4.69, 9.17) is 4.74 Å². The first kappa shape index (κ1) is 10.7. The number of anilines is 1. The SMILES string of the molecule is CCOc1ccc(NC(=O)NC2CC2)cn1. The summed E-state index contributed by atoms with van der Waals surface area (Å²) in [6.07, 6.45) is 3.74. The number of urea groups is 1. The molecule has 1 fully saturated rings. The number of carbonyl (C=O) groups excluding carboxylic acids is 1. The van der Waals surface area contributed by atoms with E-state index < -0.39 is 0 Å². The molecule has 0 atom stereocenters. The fraction of sp³-hybridized carbons (Fsp3) is 0.455. The fourth-order valence-corrected chi connectivity index (χ4v) is 1.27. The van der Waals surface area contributed by atoms with Crippen molar-refractivity contribution >= 4 is 11.7 Å². The van der Waals surface area contributed by atoms with Gasteiger partial charge in [-0.05, 0) is 25.8 Å². The van der Waals surface area contributed by atoms with Gasteiger partial charge in [-0.1, -0.05) is 0 Å². The van der Waals surface area contributed by atoms with E-state index >= 15 is 0 Å². The first-order chi connectivity index (χ1) is 7.78. The van der Waals surface area contributed by atoms with Crippen molar-refractivity contribution in [1.82, 2.24) is 10.3 Å². The maximum absolute atomic E-state index is 11.4. The van der Waals surface area contributed by atoms with E-state index in [1.54, 1.807) is 18.3 Å². The van der Waals surface area contributed by atoms with Crippen molar-refractivity contribution in [3.05, 3.63) is 18.3 Å². The number of amides is 2. The smallest absolute Gasteiger partial charge is 0.319 e. The van der Waals surface area contributed by atoms with Crippen LogP contribution in [0.2, 0.25) is 0 Å². The minimum Gasteiger partial charge on any atom is -0.478 e. The van der Waals surface area contributed by atoms with Gasteiger partial charge >= 0.3 is 6.03 Å². The number of nitrogens with one attached hydrogen (secondary N) is 2. The molecule has 0 saturated heterocycles. The third-order valence-electron chi connectivity index (χ3n) is 2.20. The number of ether oxygens (including phenoxy) is 1. The average molecular weight is 221 g/mol. The normalized spacial score (nSPS) is 14.3. The van der Waals surface area contributed by atoms with Crippen molar-refractivity contribution in [3.8, 4) is 5.88 Å². The van der Waals surface area contributed by atoms with Gasteiger partial charge in [-0.15, -0.1) is 0 Å².